The SMILES string of the molecule is O=C1C=C(Oc2ccc3ccccc3c2)C(=O)C=C1O. The number of aliphatic hydroxyl groups excluding tert-OH is 1. The van der Waals surface area contributed by atoms with Gasteiger partial charge < -0.3 is 9.84 Å². The lowest BCUT2D eigenvalue weighted by Gasteiger charge is -2.11. The molecule has 1 aliphatic carbocycles. The van der Waals surface area contributed by atoms with Crippen LogP contribution < -0.4 is 4.74 Å². The molecule has 4 nitrogen and oxygen atoms in total. The smallest absolute Gasteiger partial charge is 0.224 e. The van der Waals surface area contributed by atoms with Gasteiger partial charge in [0.25, 0.3) is 0 Å². The van der Waals surface area contributed by atoms with Gasteiger partial charge in [-0.3, -0.25) is 9.59 Å². The molecular formula is C16H10O4. The van der Waals surface area contributed by atoms with E-state index in [0.29, 0.717) is 5.75 Å². The first kappa shape index (κ1) is 12.2. The van der Waals surface area contributed by atoms with E-state index in [-0.39, 0.29) is 5.76 Å². The number of hydrogen-bond donors (Lipinski definition) is 1. The molecule has 0 aromatic heterocycles. The summed E-state index contributed by atoms with van der Waals surface area (Å²) in [6.07, 6.45) is 1.85. The third-order valence-corrected chi connectivity index (χ3v) is 2.97. The molecule has 0 aliphatic heterocycles. The molecule has 0 saturated carbocycles. The van der Waals surface area contributed by atoms with E-state index in [1.807, 2.05) is 30.3 Å². The van der Waals surface area contributed by atoms with Crippen LogP contribution in [0.4, 0.5) is 0 Å². The molecule has 98 valence electrons. The number of rotatable bonds is 2. The fourth-order valence-corrected chi connectivity index (χ4v) is 1.97. The molecule has 0 heterocycles. The Morgan fingerprint density at radius 1 is 0.850 bits per heavy atom. The summed E-state index contributed by atoms with van der Waals surface area (Å²) in [5.74, 6) is -1.37. The molecule has 2 aromatic carbocycles. The fourth-order valence-electron chi connectivity index (χ4n) is 1.97. The summed E-state index contributed by atoms with van der Waals surface area (Å²) in [6.45, 7) is 0. The first-order valence-electron chi connectivity index (χ1n) is 6.01. The van der Waals surface area contributed by atoms with E-state index in [2.05, 4.69) is 0 Å². The molecule has 0 saturated heterocycles. The van der Waals surface area contributed by atoms with Gasteiger partial charge in [-0.1, -0.05) is 30.3 Å². The molecule has 1 aliphatic rings. The number of aliphatic hydroxyl groups is 1. The van der Waals surface area contributed by atoms with Gasteiger partial charge in [0.15, 0.2) is 11.5 Å². The minimum Gasteiger partial charge on any atom is -0.504 e. The standard InChI is InChI=1S/C16H10O4/c17-13-8-15(19)16(9-14(13)18)20-12-6-5-10-3-1-2-4-11(10)7-12/h1-9,17H. The van der Waals surface area contributed by atoms with Crippen molar-refractivity contribution in [3.63, 3.8) is 0 Å². The molecule has 20 heavy (non-hydrogen) atoms. The van der Waals surface area contributed by atoms with Crippen molar-refractivity contribution in [1.29, 1.82) is 0 Å². The van der Waals surface area contributed by atoms with Crippen molar-refractivity contribution < 1.29 is 19.4 Å². The number of carbonyl (C=O) groups is 2. The predicted molar refractivity (Wildman–Crippen MR) is 73.4 cm³/mol. The van der Waals surface area contributed by atoms with Crippen molar-refractivity contribution in [2.24, 2.45) is 0 Å². The predicted octanol–water partition coefficient (Wildman–Crippen LogP) is 2.70. The van der Waals surface area contributed by atoms with E-state index in [4.69, 9.17) is 9.84 Å². The molecule has 1 N–H and O–H groups in total. The van der Waals surface area contributed by atoms with Crippen molar-refractivity contribution >= 4 is 22.3 Å². The summed E-state index contributed by atoms with van der Waals surface area (Å²) in [7, 11) is 0. The Hall–Kier alpha value is -2.88. The summed E-state index contributed by atoms with van der Waals surface area (Å²) in [5.41, 5.74) is 0. The normalized spacial score (nSPS) is 15.0. The topological polar surface area (TPSA) is 63.6 Å². The highest BCUT2D eigenvalue weighted by Crippen LogP contribution is 2.23. The zero-order valence-electron chi connectivity index (χ0n) is 10.4. The van der Waals surface area contributed by atoms with Crippen molar-refractivity contribution in [2.45, 2.75) is 0 Å². The lowest BCUT2D eigenvalue weighted by Crippen LogP contribution is -2.16. The number of allylic oxidation sites excluding steroid dienone is 2. The highest BCUT2D eigenvalue weighted by atomic mass is 16.5. The van der Waals surface area contributed by atoms with Crippen molar-refractivity contribution in [2.75, 3.05) is 0 Å². The van der Waals surface area contributed by atoms with Gasteiger partial charge in [0.1, 0.15) is 5.75 Å². The van der Waals surface area contributed by atoms with E-state index in [1.165, 1.54) is 0 Å². The number of carbonyl (C=O) groups excluding carboxylic acids is 2. The Balaban J connectivity index is 1.92. The Labute approximate surface area is 114 Å². The van der Waals surface area contributed by atoms with Crippen LogP contribution in [0.1, 0.15) is 0 Å². The molecule has 0 bridgehead atoms. The van der Waals surface area contributed by atoms with E-state index in [1.54, 1.807) is 12.1 Å². The second-order valence-electron chi connectivity index (χ2n) is 4.38. The highest BCUT2D eigenvalue weighted by molar-refractivity contribution is 6.18. The van der Waals surface area contributed by atoms with Crippen LogP contribution in [0, 0.1) is 0 Å². The second-order valence-corrected chi connectivity index (χ2v) is 4.38. The maximum Gasteiger partial charge on any atom is 0.224 e. The maximum absolute atomic E-state index is 11.6. The lowest BCUT2D eigenvalue weighted by molar-refractivity contribution is -0.118. The Bertz CT molecular complexity index is 784. The number of fused-ring (bicyclic) bond motifs is 1. The lowest BCUT2D eigenvalue weighted by atomic mass is 10.1. The molecule has 0 spiro atoms. The van der Waals surface area contributed by atoms with Crippen LogP contribution in [0.15, 0.2) is 66.1 Å². The molecule has 4 heteroatoms. The van der Waals surface area contributed by atoms with Crippen LogP contribution in [0.3, 0.4) is 0 Å². The molecule has 0 radical (unpaired) electrons. The van der Waals surface area contributed by atoms with Crippen molar-refractivity contribution in [1.82, 2.24) is 0 Å². The summed E-state index contributed by atoms with van der Waals surface area (Å²) in [6, 6.07) is 13.1. The average molecular weight is 266 g/mol. The Morgan fingerprint density at radius 3 is 2.40 bits per heavy atom. The Kier molecular flexibility index (Phi) is 2.84. The van der Waals surface area contributed by atoms with Gasteiger partial charge in [0.05, 0.1) is 0 Å². The van der Waals surface area contributed by atoms with Gasteiger partial charge >= 0.3 is 0 Å². The van der Waals surface area contributed by atoms with Crippen LogP contribution in [-0.4, -0.2) is 16.7 Å². The van der Waals surface area contributed by atoms with Crippen LogP contribution >= 0.6 is 0 Å². The van der Waals surface area contributed by atoms with Crippen molar-refractivity contribution in [3.05, 3.63) is 66.1 Å². The number of benzene rings is 2. The molecular weight excluding hydrogens is 256 g/mol. The quantitative estimate of drug-likeness (QED) is 0.849. The second kappa shape index (κ2) is 4.66. The van der Waals surface area contributed by atoms with Gasteiger partial charge in [-0.2, -0.15) is 0 Å². The molecule has 0 amide bonds. The summed E-state index contributed by atoms with van der Waals surface area (Å²) in [5, 5.41) is 11.2. The molecule has 3 rings (SSSR count). The van der Waals surface area contributed by atoms with Crippen molar-refractivity contribution in [3.8, 4) is 5.75 Å². The average Bonchev–Trinajstić information content (AvgIpc) is 2.44. The minimum absolute atomic E-state index is 0.0944. The third-order valence-electron chi connectivity index (χ3n) is 2.97. The monoisotopic (exact) mass is 266 g/mol. The summed E-state index contributed by atoms with van der Waals surface area (Å²) < 4.78 is 5.43. The number of ether oxygens (including phenoxy) is 1. The van der Waals surface area contributed by atoms with E-state index < -0.39 is 17.3 Å². The third kappa shape index (κ3) is 2.19. The van der Waals surface area contributed by atoms with Gasteiger partial charge in [-0.05, 0) is 22.9 Å². The summed E-state index contributed by atoms with van der Waals surface area (Å²) >= 11 is 0. The van der Waals surface area contributed by atoms with Crippen LogP contribution in [-0.2, 0) is 9.59 Å². The van der Waals surface area contributed by atoms with Gasteiger partial charge in [0, 0.05) is 12.2 Å². The highest BCUT2D eigenvalue weighted by Gasteiger charge is 2.21. The number of hydrogen-bond acceptors (Lipinski definition) is 4. The zero-order valence-corrected chi connectivity index (χ0v) is 10.4. The minimum atomic E-state index is -0.639. The molecule has 0 atom stereocenters. The summed E-state index contributed by atoms with van der Waals surface area (Å²) in [4.78, 5) is 23.0. The molecule has 0 fully saturated rings. The molecule has 2 aromatic rings. The van der Waals surface area contributed by atoms with E-state index >= 15 is 0 Å². The van der Waals surface area contributed by atoms with Crippen LogP contribution in [0.5, 0.6) is 5.75 Å². The first-order valence-corrected chi connectivity index (χ1v) is 6.01. The van der Waals surface area contributed by atoms with Gasteiger partial charge in [-0.25, -0.2) is 0 Å². The van der Waals surface area contributed by atoms with Crippen LogP contribution in [0.2, 0.25) is 0 Å². The van der Waals surface area contributed by atoms with Gasteiger partial charge in [-0.15, -0.1) is 0 Å². The fraction of sp³-hybridized carbons (Fsp3) is 0. The first-order chi connectivity index (χ1) is 9.63. The zero-order chi connectivity index (χ0) is 14.1. The Morgan fingerprint density at radius 2 is 1.60 bits per heavy atom. The van der Waals surface area contributed by atoms with Crippen LogP contribution in [0.25, 0.3) is 10.8 Å². The molecule has 0 unspecified atom stereocenters. The van der Waals surface area contributed by atoms with Gasteiger partial charge in [0.2, 0.25) is 11.6 Å². The maximum atomic E-state index is 11.6. The van der Waals surface area contributed by atoms with E-state index in [9.17, 15) is 9.59 Å². The number of ketones is 2. The van der Waals surface area contributed by atoms with E-state index in [0.717, 1.165) is 22.9 Å². The largest absolute Gasteiger partial charge is 0.504 e.